The third kappa shape index (κ3) is 3.39. The molecule has 5 heteroatoms. The molecule has 4 rings (SSSR count). The van der Waals surface area contributed by atoms with Gasteiger partial charge in [-0.15, -0.1) is 0 Å². The second-order valence-electron chi connectivity index (χ2n) is 7.72. The Morgan fingerprint density at radius 1 is 0.964 bits per heavy atom. The van der Waals surface area contributed by atoms with Crippen LogP contribution in [0.2, 0.25) is 0 Å². The minimum absolute atomic E-state index is 0.443. The number of hydrogen-bond donors (Lipinski definition) is 1. The summed E-state index contributed by atoms with van der Waals surface area (Å²) in [4.78, 5) is 0. The van der Waals surface area contributed by atoms with Gasteiger partial charge in [0.05, 0.1) is 33.5 Å². The molecule has 2 fully saturated rings. The van der Waals surface area contributed by atoms with Crippen molar-refractivity contribution in [2.45, 2.75) is 43.0 Å². The van der Waals surface area contributed by atoms with Crippen LogP contribution in [0.25, 0.3) is 0 Å². The predicted octanol–water partition coefficient (Wildman–Crippen LogP) is 3.47. The van der Waals surface area contributed by atoms with Gasteiger partial charge in [0.1, 0.15) is 0 Å². The third-order valence-corrected chi connectivity index (χ3v) is 6.23. The lowest BCUT2D eigenvalue weighted by Gasteiger charge is -2.48. The first-order valence-corrected chi connectivity index (χ1v) is 9.83. The summed E-state index contributed by atoms with van der Waals surface area (Å²) < 4.78 is 22.7. The molecule has 2 aliphatic rings. The van der Waals surface area contributed by atoms with E-state index in [1.165, 1.54) is 5.56 Å². The molecule has 150 valence electrons. The lowest BCUT2D eigenvalue weighted by Crippen LogP contribution is -2.52. The maximum atomic E-state index is 11.4. The molecule has 2 atom stereocenters. The van der Waals surface area contributed by atoms with Crippen LogP contribution in [-0.2, 0) is 21.3 Å². The minimum Gasteiger partial charge on any atom is -0.493 e. The highest BCUT2D eigenvalue weighted by Gasteiger charge is 2.52. The molecule has 2 aromatic rings. The van der Waals surface area contributed by atoms with Crippen molar-refractivity contribution in [3.05, 3.63) is 59.7 Å². The van der Waals surface area contributed by atoms with Crippen LogP contribution in [-0.4, -0.2) is 44.4 Å². The van der Waals surface area contributed by atoms with E-state index in [0.29, 0.717) is 31.1 Å². The van der Waals surface area contributed by atoms with E-state index >= 15 is 0 Å². The van der Waals surface area contributed by atoms with Crippen LogP contribution >= 0.6 is 0 Å². The summed E-state index contributed by atoms with van der Waals surface area (Å²) >= 11 is 0. The van der Waals surface area contributed by atoms with Crippen LogP contribution < -0.4 is 9.47 Å². The summed E-state index contributed by atoms with van der Waals surface area (Å²) in [5, 5.41) is 11.4. The molecule has 0 radical (unpaired) electrons. The molecule has 0 aromatic heterocycles. The second kappa shape index (κ2) is 7.74. The highest BCUT2D eigenvalue weighted by atomic mass is 16.7. The Hall–Kier alpha value is -2.08. The molecule has 1 heterocycles. The van der Waals surface area contributed by atoms with E-state index in [0.717, 1.165) is 24.8 Å². The number of benzene rings is 2. The molecule has 1 aliphatic heterocycles. The van der Waals surface area contributed by atoms with Crippen LogP contribution in [0.4, 0.5) is 0 Å². The molecule has 1 spiro atoms. The fraction of sp³-hybridized carbons (Fsp3) is 0.478. The Kier molecular flexibility index (Phi) is 5.32. The standard InChI is InChI=1S/C23H28O5/c1-25-19-9-8-18(14-20(19)26-2)22(15-17-6-4-3-5-7-17)10-11-23(16-21(22)24)27-12-13-28-23/h3-9,14,21,24H,10-13,15-16H2,1-2H3/t21-,22+/m1/s1. The summed E-state index contributed by atoms with van der Waals surface area (Å²) in [7, 11) is 3.27. The average molecular weight is 384 g/mol. The lowest BCUT2D eigenvalue weighted by molar-refractivity contribution is -0.209. The van der Waals surface area contributed by atoms with E-state index in [9.17, 15) is 5.11 Å². The average Bonchev–Trinajstić information content (AvgIpc) is 3.18. The van der Waals surface area contributed by atoms with Crippen molar-refractivity contribution in [1.82, 2.24) is 0 Å². The highest BCUT2D eigenvalue weighted by molar-refractivity contribution is 5.46. The number of ether oxygens (including phenoxy) is 4. The van der Waals surface area contributed by atoms with E-state index in [4.69, 9.17) is 18.9 Å². The fourth-order valence-electron chi connectivity index (χ4n) is 4.68. The molecule has 28 heavy (non-hydrogen) atoms. The summed E-state index contributed by atoms with van der Waals surface area (Å²) in [6.45, 7) is 1.18. The minimum atomic E-state index is -0.643. The van der Waals surface area contributed by atoms with Gasteiger partial charge in [0.25, 0.3) is 0 Å². The smallest absolute Gasteiger partial charge is 0.171 e. The molecule has 0 bridgehead atoms. The van der Waals surface area contributed by atoms with Gasteiger partial charge in [-0.2, -0.15) is 0 Å². The van der Waals surface area contributed by atoms with Gasteiger partial charge in [-0.1, -0.05) is 36.4 Å². The van der Waals surface area contributed by atoms with Crippen molar-refractivity contribution in [2.24, 2.45) is 0 Å². The van der Waals surface area contributed by atoms with E-state index in [2.05, 4.69) is 12.1 Å². The number of rotatable bonds is 5. The maximum Gasteiger partial charge on any atom is 0.171 e. The Morgan fingerprint density at radius 3 is 2.32 bits per heavy atom. The fourth-order valence-corrected chi connectivity index (χ4v) is 4.68. The molecule has 0 amide bonds. The highest BCUT2D eigenvalue weighted by Crippen LogP contribution is 2.49. The first-order chi connectivity index (χ1) is 13.6. The van der Waals surface area contributed by atoms with Gasteiger partial charge >= 0.3 is 0 Å². The van der Waals surface area contributed by atoms with Crippen LogP contribution in [0.5, 0.6) is 11.5 Å². The van der Waals surface area contributed by atoms with E-state index in [1.54, 1.807) is 14.2 Å². The Bertz CT molecular complexity index is 800. The molecular formula is C23H28O5. The first-order valence-electron chi connectivity index (χ1n) is 9.83. The molecule has 2 aromatic carbocycles. The molecule has 0 unspecified atom stereocenters. The van der Waals surface area contributed by atoms with Gasteiger partial charge in [0.2, 0.25) is 0 Å². The van der Waals surface area contributed by atoms with Crippen LogP contribution in [0.1, 0.15) is 30.4 Å². The quantitative estimate of drug-likeness (QED) is 0.855. The summed E-state index contributed by atoms with van der Waals surface area (Å²) in [5.41, 5.74) is 1.80. The zero-order valence-corrected chi connectivity index (χ0v) is 16.5. The van der Waals surface area contributed by atoms with E-state index in [1.807, 2.05) is 36.4 Å². The van der Waals surface area contributed by atoms with Gasteiger partial charge in [0, 0.05) is 18.3 Å². The lowest BCUT2D eigenvalue weighted by atomic mass is 9.63. The Labute approximate surface area is 166 Å². The second-order valence-corrected chi connectivity index (χ2v) is 7.72. The number of aliphatic hydroxyl groups is 1. The first kappa shape index (κ1) is 19.2. The normalized spacial score (nSPS) is 26.3. The van der Waals surface area contributed by atoms with Gasteiger partial charge in [-0.25, -0.2) is 0 Å². The van der Waals surface area contributed by atoms with Gasteiger partial charge in [-0.3, -0.25) is 0 Å². The zero-order chi connectivity index (χ0) is 19.6. The summed E-state index contributed by atoms with van der Waals surface area (Å²) in [6.07, 6.45) is 2.12. The molecule has 1 saturated carbocycles. The molecule has 1 saturated heterocycles. The van der Waals surface area contributed by atoms with E-state index < -0.39 is 17.3 Å². The van der Waals surface area contributed by atoms with Crippen LogP contribution in [0.15, 0.2) is 48.5 Å². The largest absolute Gasteiger partial charge is 0.493 e. The number of methoxy groups -OCH3 is 2. The van der Waals surface area contributed by atoms with Crippen molar-refractivity contribution in [3.63, 3.8) is 0 Å². The zero-order valence-electron chi connectivity index (χ0n) is 16.5. The molecule has 1 aliphatic carbocycles. The maximum absolute atomic E-state index is 11.4. The van der Waals surface area contributed by atoms with Crippen molar-refractivity contribution in [2.75, 3.05) is 27.4 Å². The molecule has 1 N–H and O–H groups in total. The van der Waals surface area contributed by atoms with Gasteiger partial charge < -0.3 is 24.1 Å². The summed E-state index contributed by atoms with van der Waals surface area (Å²) in [5.74, 6) is 0.717. The Balaban J connectivity index is 1.74. The molecule has 5 nitrogen and oxygen atoms in total. The van der Waals surface area contributed by atoms with Crippen LogP contribution in [0, 0.1) is 0 Å². The SMILES string of the molecule is COc1ccc([C@@]2(Cc3ccccc3)CCC3(C[C@H]2O)OCCO3)cc1OC. The van der Waals surface area contributed by atoms with Crippen molar-refractivity contribution >= 4 is 0 Å². The monoisotopic (exact) mass is 384 g/mol. The molecular weight excluding hydrogens is 356 g/mol. The van der Waals surface area contributed by atoms with Gasteiger partial charge in [-0.05, 0) is 36.1 Å². The predicted molar refractivity (Wildman–Crippen MR) is 106 cm³/mol. The Morgan fingerprint density at radius 2 is 1.68 bits per heavy atom. The van der Waals surface area contributed by atoms with Crippen LogP contribution in [0.3, 0.4) is 0 Å². The number of aliphatic hydroxyl groups excluding tert-OH is 1. The third-order valence-electron chi connectivity index (χ3n) is 6.23. The number of hydrogen-bond acceptors (Lipinski definition) is 5. The topological polar surface area (TPSA) is 57.2 Å². The van der Waals surface area contributed by atoms with Crippen molar-refractivity contribution < 1.29 is 24.1 Å². The van der Waals surface area contributed by atoms with E-state index in [-0.39, 0.29) is 0 Å². The van der Waals surface area contributed by atoms with Crippen molar-refractivity contribution in [3.8, 4) is 11.5 Å². The van der Waals surface area contributed by atoms with Gasteiger partial charge in [0.15, 0.2) is 17.3 Å². The van der Waals surface area contributed by atoms with Crippen molar-refractivity contribution in [1.29, 1.82) is 0 Å². The summed E-state index contributed by atoms with van der Waals surface area (Å²) in [6, 6.07) is 16.3.